The highest BCUT2D eigenvalue weighted by molar-refractivity contribution is 6.10. The van der Waals surface area contributed by atoms with Crippen molar-refractivity contribution in [3.05, 3.63) is 90.5 Å². The Morgan fingerprint density at radius 1 is 0.806 bits per heavy atom. The molecule has 1 saturated carbocycles. The molecular formula is C49H64N4O9. The number of methoxy groups -OCH3 is 3. The van der Waals surface area contributed by atoms with Gasteiger partial charge in [0.25, 0.3) is 0 Å². The molecule has 0 spiro atoms. The molecule has 2 aliphatic rings. The molecule has 2 heterocycles. The third-order valence-electron chi connectivity index (χ3n) is 12.1. The average molecular weight is 853 g/mol. The fraction of sp³-hybridized carbons (Fsp3) is 0.490. The van der Waals surface area contributed by atoms with Crippen LogP contribution < -0.4 is 29.0 Å². The van der Waals surface area contributed by atoms with Crippen LogP contribution in [0.25, 0.3) is 21.8 Å². The maximum absolute atomic E-state index is 12.9. The second kappa shape index (κ2) is 22.8. The van der Waals surface area contributed by atoms with Gasteiger partial charge < -0.3 is 48.6 Å². The molecule has 1 unspecified atom stereocenters. The predicted octanol–water partition coefficient (Wildman–Crippen LogP) is 7.62. The first kappa shape index (κ1) is 44.8. The molecule has 13 heteroatoms. The number of nitrogens with one attached hydrogen (secondary N) is 2. The van der Waals surface area contributed by atoms with Crippen molar-refractivity contribution in [3.8, 4) is 28.7 Å². The lowest BCUT2D eigenvalue weighted by molar-refractivity contribution is -0.0319. The minimum absolute atomic E-state index is 0.142. The number of carbonyl (C=O) groups is 1. The number of aliphatic hydroxyl groups is 1. The van der Waals surface area contributed by atoms with E-state index in [9.17, 15) is 9.90 Å². The van der Waals surface area contributed by atoms with Gasteiger partial charge in [-0.3, -0.25) is 9.80 Å². The zero-order valence-corrected chi connectivity index (χ0v) is 36.5. The van der Waals surface area contributed by atoms with E-state index in [1.807, 2.05) is 66.7 Å². The Hall–Kier alpha value is -5.21. The molecule has 1 amide bonds. The van der Waals surface area contributed by atoms with Gasteiger partial charge in [-0.05, 0) is 93.1 Å². The van der Waals surface area contributed by atoms with Gasteiger partial charge in [-0.1, -0.05) is 55.3 Å². The van der Waals surface area contributed by atoms with Gasteiger partial charge in [-0.15, -0.1) is 0 Å². The minimum Gasteiger partial charge on any atom is -0.493 e. The van der Waals surface area contributed by atoms with Crippen LogP contribution in [0.15, 0.2) is 84.9 Å². The number of rotatable bonds is 23. The highest BCUT2D eigenvalue weighted by atomic mass is 16.6. The van der Waals surface area contributed by atoms with Crippen LogP contribution in [0.5, 0.6) is 28.7 Å². The van der Waals surface area contributed by atoms with Gasteiger partial charge in [0.05, 0.1) is 39.6 Å². The van der Waals surface area contributed by atoms with Crippen molar-refractivity contribution < 1.29 is 43.1 Å². The predicted molar refractivity (Wildman–Crippen MR) is 241 cm³/mol. The number of alkyl carbamates (subject to hydrolysis) is 1. The molecule has 0 radical (unpaired) electrons. The Bertz CT molecular complexity index is 2160. The van der Waals surface area contributed by atoms with E-state index < -0.39 is 6.10 Å². The summed E-state index contributed by atoms with van der Waals surface area (Å²) in [6.45, 7) is 5.01. The van der Waals surface area contributed by atoms with E-state index in [2.05, 4.69) is 38.3 Å². The zero-order chi connectivity index (χ0) is 43.1. The number of aliphatic hydroxyl groups excluding tert-OH is 1. The van der Waals surface area contributed by atoms with Gasteiger partial charge in [0, 0.05) is 55.1 Å². The standard InChI is InChI=1S/C49H64N4O9/c1-56-43-18-8-9-19-45(43)60-30-28-52(32-36(54)34-61-46-20-12-15-40-48(46)38-13-4-5-14-39(38)51-40)26-11-10-25-50-49(55)62-37-23-27-53(33-37)41-16-6-7-17-42(41)59-29-24-35-21-22-44(57-2)47(31-35)58-3/h4-5,8-9,12-15,18-22,31,36-37,41-42,51,54H,6-7,10-11,16-17,23-30,32-34H2,1-3H3,(H,50,55)/t36?,37-,41-,42-/m1/s1. The quantitative estimate of drug-likeness (QED) is 0.0561. The fourth-order valence-corrected chi connectivity index (χ4v) is 8.89. The highest BCUT2D eigenvalue weighted by Crippen LogP contribution is 2.34. The molecule has 2 fully saturated rings. The van der Waals surface area contributed by atoms with E-state index in [4.69, 9.17) is 33.2 Å². The number of unbranched alkanes of at least 4 members (excludes halogenated alkanes) is 1. The zero-order valence-electron chi connectivity index (χ0n) is 36.5. The maximum atomic E-state index is 12.9. The first-order valence-electron chi connectivity index (χ1n) is 22.2. The molecule has 1 aliphatic heterocycles. The minimum atomic E-state index is -0.736. The van der Waals surface area contributed by atoms with E-state index in [0.29, 0.717) is 56.9 Å². The number of carbonyl (C=O) groups excluding carboxylic acids is 1. The SMILES string of the molecule is COc1ccc(CCO[C@@H]2CCCC[C@H]2N2CC[C@@H](OC(=O)NCCCCN(CCOc3ccccc3OC)CC(O)COc3cccc4[nH]c5ccccc5c34)C2)cc1OC. The number of likely N-dealkylation sites (tertiary alicyclic amines) is 1. The first-order chi connectivity index (χ1) is 30.4. The lowest BCUT2D eigenvalue weighted by Gasteiger charge is -2.37. The summed E-state index contributed by atoms with van der Waals surface area (Å²) in [5.74, 6) is 3.54. The summed E-state index contributed by atoms with van der Waals surface area (Å²) < 4.78 is 41.1. The summed E-state index contributed by atoms with van der Waals surface area (Å²) in [5.41, 5.74) is 3.19. The number of hydrogen-bond donors (Lipinski definition) is 3. The summed E-state index contributed by atoms with van der Waals surface area (Å²) in [6, 6.07) is 28.0. The molecule has 3 N–H and O–H groups in total. The molecule has 4 atom stereocenters. The topological polar surface area (TPSA) is 136 Å². The number of aromatic nitrogens is 1. The number of nitrogens with zero attached hydrogens (tertiary/aromatic N) is 2. The molecule has 1 saturated heterocycles. The lowest BCUT2D eigenvalue weighted by Crippen LogP contribution is -2.46. The molecule has 62 heavy (non-hydrogen) atoms. The van der Waals surface area contributed by atoms with Crippen molar-refractivity contribution in [2.24, 2.45) is 0 Å². The number of fused-ring (bicyclic) bond motifs is 3. The van der Waals surface area contributed by atoms with Crippen LogP contribution in [0.2, 0.25) is 0 Å². The third-order valence-corrected chi connectivity index (χ3v) is 12.1. The largest absolute Gasteiger partial charge is 0.493 e. The van der Waals surface area contributed by atoms with Crippen molar-refractivity contribution in [2.75, 3.05) is 80.4 Å². The molecule has 13 nitrogen and oxygen atoms in total. The van der Waals surface area contributed by atoms with E-state index >= 15 is 0 Å². The average Bonchev–Trinajstić information content (AvgIpc) is 3.93. The van der Waals surface area contributed by atoms with Crippen molar-refractivity contribution in [2.45, 2.75) is 75.7 Å². The summed E-state index contributed by atoms with van der Waals surface area (Å²) in [6.07, 6.45) is 6.58. The second-order valence-electron chi connectivity index (χ2n) is 16.3. The molecule has 1 aromatic heterocycles. The summed E-state index contributed by atoms with van der Waals surface area (Å²) >= 11 is 0. The van der Waals surface area contributed by atoms with Gasteiger partial charge >= 0.3 is 6.09 Å². The molecule has 4 aromatic carbocycles. The lowest BCUT2D eigenvalue weighted by atomic mass is 9.91. The van der Waals surface area contributed by atoms with Crippen molar-refractivity contribution in [1.82, 2.24) is 20.1 Å². The summed E-state index contributed by atoms with van der Waals surface area (Å²) in [5, 5.41) is 16.3. The van der Waals surface area contributed by atoms with Crippen LogP contribution in [0.1, 0.15) is 50.5 Å². The van der Waals surface area contributed by atoms with Gasteiger partial charge in [0.15, 0.2) is 23.0 Å². The van der Waals surface area contributed by atoms with Gasteiger partial charge in [0.1, 0.15) is 31.2 Å². The van der Waals surface area contributed by atoms with E-state index in [1.54, 1.807) is 21.3 Å². The Kier molecular flexibility index (Phi) is 16.5. The molecule has 334 valence electrons. The summed E-state index contributed by atoms with van der Waals surface area (Å²) in [7, 11) is 4.93. The number of aromatic amines is 1. The van der Waals surface area contributed by atoms with E-state index in [0.717, 1.165) is 96.2 Å². The normalized spacial score (nSPS) is 18.5. The number of para-hydroxylation sites is 3. The van der Waals surface area contributed by atoms with Crippen molar-refractivity contribution in [1.29, 1.82) is 0 Å². The second-order valence-corrected chi connectivity index (χ2v) is 16.3. The fourth-order valence-electron chi connectivity index (χ4n) is 8.89. The van der Waals surface area contributed by atoms with Crippen LogP contribution in [0.3, 0.4) is 0 Å². The number of hydrogen-bond acceptors (Lipinski definition) is 11. The van der Waals surface area contributed by atoms with Crippen LogP contribution in [-0.4, -0.2) is 131 Å². The number of benzene rings is 4. The molecule has 5 aromatic rings. The number of H-pyrrole nitrogens is 1. The molecule has 0 bridgehead atoms. The van der Waals surface area contributed by atoms with Crippen molar-refractivity contribution >= 4 is 27.9 Å². The summed E-state index contributed by atoms with van der Waals surface area (Å²) in [4.78, 5) is 21.0. The van der Waals surface area contributed by atoms with Crippen LogP contribution >= 0.6 is 0 Å². The monoisotopic (exact) mass is 852 g/mol. The maximum Gasteiger partial charge on any atom is 0.407 e. The van der Waals surface area contributed by atoms with E-state index in [1.165, 1.54) is 12.8 Å². The highest BCUT2D eigenvalue weighted by Gasteiger charge is 2.36. The van der Waals surface area contributed by atoms with Gasteiger partial charge in [-0.2, -0.15) is 0 Å². The molecule has 1 aliphatic carbocycles. The Morgan fingerprint density at radius 2 is 1.56 bits per heavy atom. The Balaban J connectivity index is 0.841. The van der Waals surface area contributed by atoms with Gasteiger partial charge in [-0.25, -0.2) is 4.79 Å². The van der Waals surface area contributed by atoms with E-state index in [-0.39, 0.29) is 24.9 Å². The number of ether oxygens (including phenoxy) is 7. The smallest absolute Gasteiger partial charge is 0.407 e. The number of amides is 1. The third kappa shape index (κ3) is 12.0. The Morgan fingerprint density at radius 3 is 2.42 bits per heavy atom. The van der Waals surface area contributed by atoms with Crippen LogP contribution in [0, 0.1) is 0 Å². The van der Waals surface area contributed by atoms with Crippen molar-refractivity contribution in [3.63, 3.8) is 0 Å². The molecule has 7 rings (SSSR count). The van der Waals surface area contributed by atoms with Crippen LogP contribution in [0.4, 0.5) is 4.79 Å². The van der Waals surface area contributed by atoms with Crippen LogP contribution in [-0.2, 0) is 15.9 Å². The molecular weight excluding hydrogens is 789 g/mol. The Labute approximate surface area is 365 Å². The first-order valence-corrected chi connectivity index (χ1v) is 22.2. The van der Waals surface area contributed by atoms with Gasteiger partial charge in [0.2, 0.25) is 0 Å².